The van der Waals surface area contributed by atoms with Crippen LogP contribution in [0.2, 0.25) is 0 Å². The Morgan fingerprint density at radius 1 is 0.941 bits per heavy atom. The van der Waals surface area contributed by atoms with Crippen LogP contribution in [0, 0.1) is 6.92 Å². The number of carbonyl (C=O) groups excluding carboxylic acids is 1. The van der Waals surface area contributed by atoms with Crippen LogP contribution in [0.25, 0.3) is 11.5 Å². The summed E-state index contributed by atoms with van der Waals surface area (Å²) in [6.07, 6.45) is 0.128. The lowest BCUT2D eigenvalue weighted by atomic mass is 10.1. The topological polar surface area (TPSA) is 73.6 Å². The van der Waals surface area contributed by atoms with Gasteiger partial charge in [0, 0.05) is 17.7 Å². The number of para-hydroxylation sites is 1. The smallest absolute Gasteiger partial charge is 0.251 e. The number of aromatic nitrogens is 1. The molecule has 0 radical (unpaired) electrons. The molecule has 0 atom stereocenters. The summed E-state index contributed by atoms with van der Waals surface area (Å²) < 4.78 is 17.3. The van der Waals surface area contributed by atoms with E-state index in [4.69, 9.17) is 13.9 Å². The number of carbonyl (C=O) groups is 1. The maximum atomic E-state index is 12.6. The lowest BCUT2D eigenvalue weighted by Gasteiger charge is -2.10. The average molecular weight is 457 g/mol. The Balaban J connectivity index is 1.34. The second-order valence-corrected chi connectivity index (χ2v) is 8.19. The van der Waals surface area contributed by atoms with Crippen molar-refractivity contribution in [3.63, 3.8) is 0 Å². The monoisotopic (exact) mass is 456 g/mol. The summed E-state index contributed by atoms with van der Waals surface area (Å²) in [4.78, 5) is 17.1. The summed E-state index contributed by atoms with van der Waals surface area (Å²) in [6.45, 7) is 6.60. The predicted octanol–water partition coefficient (Wildman–Crippen LogP) is 5.95. The van der Waals surface area contributed by atoms with E-state index < -0.39 is 0 Å². The van der Waals surface area contributed by atoms with Gasteiger partial charge in [0.25, 0.3) is 5.91 Å². The molecule has 6 heteroatoms. The lowest BCUT2D eigenvalue weighted by molar-refractivity contribution is 0.0951. The van der Waals surface area contributed by atoms with Crippen molar-refractivity contribution in [2.45, 2.75) is 40.0 Å². The molecule has 4 rings (SSSR count). The summed E-state index contributed by atoms with van der Waals surface area (Å²) in [7, 11) is 0. The first kappa shape index (κ1) is 23.1. The molecule has 0 aliphatic carbocycles. The molecule has 0 saturated carbocycles. The Morgan fingerprint density at radius 3 is 2.32 bits per heavy atom. The van der Waals surface area contributed by atoms with Crippen LogP contribution < -0.4 is 14.8 Å². The van der Waals surface area contributed by atoms with Crippen molar-refractivity contribution in [3.05, 3.63) is 101 Å². The molecule has 1 amide bonds. The maximum absolute atomic E-state index is 12.6. The van der Waals surface area contributed by atoms with Gasteiger partial charge in [-0.1, -0.05) is 30.3 Å². The number of aryl methyl sites for hydroxylation is 1. The first-order valence-electron chi connectivity index (χ1n) is 11.3. The summed E-state index contributed by atoms with van der Waals surface area (Å²) >= 11 is 0. The van der Waals surface area contributed by atoms with Crippen molar-refractivity contribution < 1.29 is 18.7 Å². The minimum absolute atomic E-state index is 0.128. The third-order valence-electron chi connectivity index (χ3n) is 5.15. The molecule has 1 heterocycles. The van der Waals surface area contributed by atoms with E-state index in [-0.39, 0.29) is 12.0 Å². The molecule has 0 aliphatic heterocycles. The van der Waals surface area contributed by atoms with Crippen molar-refractivity contribution in [2.24, 2.45) is 0 Å². The van der Waals surface area contributed by atoms with E-state index in [0.717, 1.165) is 28.3 Å². The molecule has 6 nitrogen and oxygen atoms in total. The zero-order valence-corrected chi connectivity index (χ0v) is 19.6. The predicted molar refractivity (Wildman–Crippen MR) is 131 cm³/mol. The van der Waals surface area contributed by atoms with Crippen LogP contribution in [-0.4, -0.2) is 17.0 Å². The molecule has 0 aliphatic rings. The number of nitrogens with one attached hydrogen (secondary N) is 1. The SMILES string of the molecule is Cc1oc(-c2ccc(C(=O)NCc3ccc(OC(C)C)cc3)cc2)nc1COc1ccccc1. The van der Waals surface area contributed by atoms with E-state index in [9.17, 15) is 4.79 Å². The van der Waals surface area contributed by atoms with Crippen LogP contribution in [0.3, 0.4) is 0 Å². The number of amides is 1. The fraction of sp³-hybridized carbons (Fsp3) is 0.214. The van der Waals surface area contributed by atoms with Gasteiger partial charge < -0.3 is 19.2 Å². The summed E-state index contributed by atoms with van der Waals surface area (Å²) in [6, 6.07) is 24.5. The van der Waals surface area contributed by atoms with Crippen LogP contribution in [-0.2, 0) is 13.2 Å². The second kappa shape index (κ2) is 10.7. The summed E-state index contributed by atoms with van der Waals surface area (Å²) in [5.41, 5.74) is 3.11. The highest BCUT2D eigenvalue weighted by Crippen LogP contribution is 2.23. The summed E-state index contributed by atoms with van der Waals surface area (Å²) in [5.74, 6) is 2.66. The van der Waals surface area contributed by atoms with Gasteiger partial charge in [-0.2, -0.15) is 0 Å². The minimum Gasteiger partial charge on any atom is -0.491 e. The highest BCUT2D eigenvalue weighted by molar-refractivity contribution is 5.94. The second-order valence-electron chi connectivity index (χ2n) is 8.19. The molecule has 1 N–H and O–H groups in total. The van der Waals surface area contributed by atoms with Crippen LogP contribution in [0.15, 0.2) is 83.3 Å². The van der Waals surface area contributed by atoms with Gasteiger partial charge >= 0.3 is 0 Å². The zero-order valence-electron chi connectivity index (χ0n) is 19.6. The van der Waals surface area contributed by atoms with Gasteiger partial charge in [0.1, 0.15) is 29.6 Å². The molecule has 0 saturated heterocycles. The van der Waals surface area contributed by atoms with Gasteiger partial charge in [0.2, 0.25) is 5.89 Å². The Bertz CT molecular complexity index is 1210. The highest BCUT2D eigenvalue weighted by Gasteiger charge is 2.13. The number of ether oxygens (including phenoxy) is 2. The third kappa shape index (κ3) is 6.04. The van der Waals surface area contributed by atoms with E-state index in [2.05, 4.69) is 10.3 Å². The maximum Gasteiger partial charge on any atom is 0.251 e. The van der Waals surface area contributed by atoms with Crippen molar-refractivity contribution in [2.75, 3.05) is 0 Å². The zero-order chi connectivity index (χ0) is 23.9. The van der Waals surface area contributed by atoms with Gasteiger partial charge in [-0.05, 0) is 74.9 Å². The largest absolute Gasteiger partial charge is 0.491 e. The highest BCUT2D eigenvalue weighted by atomic mass is 16.5. The van der Waals surface area contributed by atoms with E-state index in [1.807, 2.05) is 87.5 Å². The van der Waals surface area contributed by atoms with Crippen molar-refractivity contribution in [1.29, 1.82) is 0 Å². The molecule has 0 fully saturated rings. The Hall–Kier alpha value is -4.06. The first-order chi connectivity index (χ1) is 16.5. The van der Waals surface area contributed by atoms with Gasteiger partial charge in [-0.25, -0.2) is 4.98 Å². The molecular weight excluding hydrogens is 428 g/mol. The van der Waals surface area contributed by atoms with Gasteiger partial charge in [0.05, 0.1) is 6.10 Å². The Labute approximate surface area is 199 Å². The quantitative estimate of drug-likeness (QED) is 0.337. The van der Waals surface area contributed by atoms with Crippen LogP contribution in [0.5, 0.6) is 11.5 Å². The third-order valence-corrected chi connectivity index (χ3v) is 5.15. The first-order valence-corrected chi connectivity index (χ1v) is 11.3. The number of oxazole rings is 1. The molecule has 34 heavy (non-hydrogen) atoms. The normalized spacial score (nSPS) is 10.8. The van der Waals surface area contributed by atoms with Crippen LogP contribution in [0.4, 0.5) is 0 Å². The molecule has 0 spiro atoms. The van der Waals surface area contributed by atoms with Gasteiger partial charge in [-0.15, -0.1) is 0 Å². The Kier molecular flexibility index (Phi) is 7.28. The van der Waals surface area contributed by atoms with E-state index in [0.29, 0.717) is 30.4 Å². The summed E-state index contributed by atoms with van der Waals surface area (Å²) in [5, 5.41) is 2.94. The van der Waals surface area contributed by atoms with Crippen molar-refractivity contribution in [3.8, 4) is 23.0 Å². The van der Waals surface area contributed by atoms with E-state index in [1.54, 1.807) is 12.1 Å². The Morgan fingerprint density at radius 2 is 1.65 bits per heavy atom. The number of nitrogens with zero attached hydrogens (tertiary/aromatic N) is 1. The number of hydrogen-bond donors (Lipinski definition) is 1. The molecule has 0 unspecified atom stereocenters. The fourth-order valence-corrected chi connectivity index (χ4v) is 3.36. The van der Waals surface area contributed by atoms with Gasteiger partial charge in [0.15, 0.2) is 0 Å². The van der Waals surface area contributed by atoms with Gasteiger partial charge in [-0.3, -0.25) is 4.79 Å². The van der Waals surface area contributed by atoms with Crippen molar-refractivity contribution in [1.82, 2.24) is 10.3 Å². The minimum atomic E-state index is -0.144. The molecule has 0 bridgehead atoms. The molecular formula is C28H28N2O4. The fourth-order valence-electron chi connectivity index (χ4n) is 3.36. The number of hydrogen-bond acceptors (Lipinski definition) is 5. The number of benzene rings is 3. The van der Waals surface area contributed by atoms with E-state index in [1.165, 1.54) is 0 Å². The molecule has 174 valence electrons. The molecule has 3 aromatic carbocycles. The molecule has 4 aromatic rings. The standard InChI is InChI=1S/C28H28N2O4/c1-19(2)33-25-15-9-21(10-16-25)17-29-27(31)22-11-13-23(14-12-22)28-30-26(20(3)34-28)18-32-24-7-5-4-6-8-24/h4-16,19H,17-18H2,1-3H3,(H,29,31). The average Bonchev–Trinajstić information content (AvgIpc) is 3.23. The lowest BCUT2D eigenvalue weighted by Crippen LogP contribution is -2.22. The molecule has 1 aromatic heterocycles. The van der Waals surface area contributed by atoms with Crippen LogP contribution >= 0.6 is 0 Å². The number of rotatable bonds is 9. The van der Waals surface area contributed by atoms with Crippen LogP contribution in [0.1, 0.15) is 41.2 Å². The van der Waals surface area contributed by atoms with E-state index >= 15 is 0 Å². The van der Waals surface area contributed by atoms with Crippen molar-refractivity contribution >= 4 is 5.91 Å².